The van der Waals surface area contributed by atoms with Crippen LogP contribution in [0.1, 0.15) is 42.6 Å². The van der Waals surface area contributed by atoms with Gasteiger partial charge in [-0.05, 0) is 44.2 Å². The molecule has 14 heteroatoms. The lowest BCUT2D eigenvalue weighted by Gasteiger charge is -2.29. The molecule has 3 N–H and O–H groups in total. The van der Waals surface area contributed by atoms with E-state index in [0.717, 1.165) is 86.2 Å². The minimum atomic E-state index is -0.380. The Kier molecular flexibility index (Phi) is 9.75. The SMILES string of the molecule is COC(=O)CN.O=C(Nc1cc2sc(N3CCOCC3)nc2nc1N1CCCCC1)c1ccnc(N2CCCC2)n1. The first-order chi connectivity index (χ1) is 20.1. The second-order valence-electron chi connectivity index (χ2n) is 10.00. The molecule has 3 aliphatic rings. The second-order valence-corrected chi connectivity index (χ2v) is 11.0. The molecule has 3 aromatic heterocycles. The Hall–Kier alpha value is -3.62. The number of pyridine rings is 1. The van der Waals surface area contributed by atoms with Crippen molar-refractivity contribution in [3.05, 3.63) is 24.0 Å². The van der Waals surface area contributed by atoms with E-state index in [1.807, 2.05) is 6.07 Å². The number of aromatic nitrogens is 4. The first-order valence-electron chi connectivity index (χ1n) is 14.1. The lowest BCUT2D eigenvalue weighted by Crippen LogP contribution is -2.36. The smallest absolute Gasteiger partial charge is 0.319 e. The number of anilines is 4. The van der Waals surface area contributed by atoms with Gasteiger partial charge in [-0.2, -0.15) is 4.98 Å². The van der Waals surface area contributed by atoms with E-state index in [-0.39, 0.29) is 18.4 Å². The Morgan fingerprint density at radius 2 is 1.68 bits per heavy atom. The molecule has 3 saturated heterocycles. The molecule has 0 atom stereocenters. The summed E-state index contributed by atoms with van der Waals surface area (Å²) in [7, 11) is 1.30. The fraction of sp³-hybridized carbons (Fsp3) is 0.556. The van der Waals surface area contributed by atoms with Crippen LogP contribution in [-0.4, -0.2) is 97.9 Å². The molecule has 3 aliphatic heterocycles. The minimum absolute atomic E-state index is 0.0312. The number of nitrogens with two attached hydrogens (primary N) is 1. The average molecular weight is 584 g/mol. The van der Waals surface area contributed by atoms with Crippen LogP contribution in [0.5, 0.6) is 0 Å². The Bertz CT molecular complexity index is 1330. The number of nitrogens with zero attached hydrogens (tertiary/aromatic N) is 7. The molecule has 0 radical (unpaired) electrons. The van der Waals surface area contributed by atoms with Crippen molar-refractivity contribution in [2.45, 2.75) is 32.1 Å². The van der Waals surface area contributed by atoms with E-state index in [1.54, 1.807) is 23.6 Å². The van der Waals surface area contributed by atoms with Gasteiger partial charge in [-0.1, -0.05) is 11.3 Å². The maximum absolute atomic E-state index is 13.3. The Balaban J connectivity index is 0.000000511. The summed E-state index contributed by atoms with van der Waals surface area (Å²) in [5.41, 5.74) is 6.61. The third kappa shape index (κ3) is 7.18. The van der Waals surface area contributed by atoms with Crippen molar-refractivity contribution in [2.24, 2.45) is 5.73 Å². The highest BCUT2D eigenvalue weighted by atomic mass is 32.1. The number of fused-ring (bicyclic) bond motifs is 1. The molecule has 3 fully saturated rings. The Labute approximate surface area is 243 Å². The molecule has 0 aliphatic carbocycles. The van der Waals surface area contributed by atoms with Crippen molar-refractivity contribution in [2.75, 3.05) is 86.2 Å². The minimum Gasteiger partial charge on any atom is -0.468 e. The monoisotopic (exact) mass is 583 g/mol. The Morgan fingerprint density at radius 1 is 0.976 bits per heavy atom. The molecule has 0 spiro atoms. The molecule has 13 nitrogen and oxygen atoms in total. The van der Waals surface area contributed by atoms with E-state index < -0.39 is 0 Å². The Morgan fingerprint density at radius 3 is 2.37 bits per heavy atom. The van der Waals surface area contributed by atoms with E-state index in [2.05, 4.69) is 34.7 Å². The van der Waals surface area contributed by atoms with Gasteiger partial charge >= 0.3 is 5.97 Å². The van der Waals surface area contributed by atoms with Gasteiger partial charge in [0.05, 0.1) is 37.3 Å². The number of piperidine rings is 1. The van der Waals surface area contributed by atoms with Gasteiger partial charge in [-0.15, -0.1) is 0 Å². The third-order valence-electron chi connectivity index (χ3n) is 7.20. The van der Waals surface area contributed by atoms with Crippen LogP contribution in [0.15, 0.2) is 18.3 Å². The van der Waals surface area contributed by atoms with Gasteiger partial charge in [0.2, 0.25) is 5.95 Å². The number of morpholine rings is 1. The highest BCUT2D eigenvalue weighted by Gasteiger charge is 2.23. The maximum Gasteiger partial charge on any atom is 0.319 e. The van der Waals surface area contributed by atoms with Crippen LogP contribution in [0.3, 0.4) is 0 Å². The van der Waals surface area contributed by atoms with Crippen molar-refractivity contribution in [1.82, 2.24) is 19.9 Å². The highest BCUT2D eigenvalue weighted by Crippen LogP contribution is 2.35. The first kappa shape index (κ1) is 28.9. The van der Waals surface area contributed by atoms with E-state index in [9.17, 15) is 9.59 Å². The van der Waals surface area contributed by atoms with Crippen LogP contribution in [0.2, 0.25) is 0 Å². The standard InChI is InChI=1S/C24H30N8O2S.C3H7NO2/c33-22(17-6-7-25-23(27-17)31-10-4-5-11-31)26-18-16-19-20(28-21(18)30-8-2-1-3-9-30)29-24(35-19)32-12-14-34-15-13-32;1-6-3(5)2-4/h6-7,16H,1-5,8-15H2,(H,26,33);2,4H2,1H3. The molecule has 0 bridgehead atoms. The molecule has 6 rings (SSSR count). The molecule has 41 heavy (non-hydrogen) atoms. The van der Waals surface area contributed by atoms with Gasteiger partial charge in [-0.3, -0.25) is 9.59 Å². The summed E-state index contributed by atoms with van der Waals surface area (Å²) < 4.78 is 10.6. The summed E-state index contributed by atoms with van der Waals surface area (Å²) in [6, 6.07) is 3.69. The van der Waals surface area contributed by atoms with Gasteiger partial charge in [0.15, 0.2) is 16.6 Å². The summed E-state index contributed by atoms with van der Waals surface area (Å²) in [6.45, 7) is 6.76. The van der Waals surface area contributed by atoms with Crippen LogP contribution in [0.4, 0.5) is 22.6 Å². The fourth-order valence-electron chi connectivity index (χ4n) is 4.99. The van der Waals surface area contributed by atoms with Crippen LogP contribution >= 0.6 is 11.3 Å². The number of esters is 1. The number of carbonyl (C=O) groups excluding carboxylic acids is 2. The molecular formula is C27H37N9O4S. The second kappa shape index (κ2) is 13.8. The van der Waals surface area contributed by atoms with E-state index >= 15 is 0 Å². The van der Waals surface area contributed by atoms with Gasteiger partial charge in [0.1, 0.15) is 5.69 Å². The molecule has 3 aromatic rings. The third-order valence-corrected chi connectivity index (χ3v) is 8.25. The van der Waals surface area contributed by atoms with Gasteiger partial charge in [0.25, 0.3) is 5.91 Å². The van der Waals surface area contributed by atoms with E-state index in [4.69, 9.17) is 20.4 Å². The van der Waals surface area contributed by atoms with E-state index in [1.165, 1.54) is 13.5 Å². The van der Waals surface area contributed by atoms with Crippen molar-refractivity contribution >= 4 is 56.1 Å². The number of rotatable bonds is 6. The predicted molar refractivity (Wildman–Crippen MR) is 159 cm³/mol. The molecule has 220 valence electrons. The molecule has 0 unspecified atom stereocenters. The molecule has 0 saturated carbocycles. The maximum atomic E-state index is 13.3. The molecule has 6 heterocycles. The van der Waals surface area contributed by atoms with Gasteiger partial charge in [-0.25, -0.2) is 15.0 Å². The highest BCUT2D eigenvalue weighted by molar-refractivity contribution is 7.22. The van der Waals surface area contributed by atoms with E-state index in [0.29, 0.717) is 30.5 Å². The topological polar surface area (TPSA) is 152 Å². The number of amides is 1. The lowest BCUT2D eigenvalue weighted by atomic mass is 10.1. The van der Waals surface area contributed by atoms with Crippen molar-refractivity contribution in [3.63, 3.8) is 0 Å². The molecular weight excluding hydrogens is 546 g/mol. The quantitative estimate of drug-likeness (QED) is 0.410. The van der Waals surface area contributed by atoms with Crippen molar-refractivity contribution in [3.8, 4) is 0 Å². The van der Waals surface area contributed by atoms with Crippen LogP contribution < -0.4 is 25.8 Å². The summed E-state index contributed by atoms with van der Waals surface area (Å²) in [5.74, 6) is 0.788. The number of nitrogens with one attached hydrogen (secondary N) is 1. The van der Waals surface area contributed by atoms with Crippen molar-refractivity contribution < 1.29 is 19.1 Å². The number of carbonyl (C=O) groups is 2. The number of hydrogen-bond donors (Lipinski definition) is 2. The average Bonchev–Trinajstić information content (AvgIpc) is 3.72. The van der Waals surface area contributed by atoms with Crippen LogP contribution in [0, 0.1) is 0 Å². The number of ether oxygens (including phenoxy) is 2. The first-order valence-corrected chi connectivity index (χ1v) is 14.9. The predicted octanol–water partition coefficient (Wildman–Crippen LogP) is 2.28. The fourth-order valence-corrected chi connectivity index (χ4v) is 5.99. The normalized spacial score (nSPS) is 17.3. The molecule has 0 aromatic carbocycles. The largest absolute Gasteiger partial charge is 0.468 e. The van der Waals surface area contributed by atoms with Gasteiger partial charge < -0.3 is 35.2 Å². The zero-order chi connectivity index (χ0) is 28.6. The van der Waals surface area contributed by atoms with Crippen LogP contribution in [-0.2, 0) is 14.3 Å². The van der Waals surface area contributed by atoms with Crippen molar-refractivity contribution in [1.29, 1.82) is 0 Å². The summed E-state index contributed by atoms with van der Waals surface area (Å²) in [6.07, 6.45) is 7.39. The van der Waals surface area contributed by atoms with Gasteiger partial charge in [0, 0.05) is 45.5 Å². The number of hydrogen-bond acceptors (Lipinski definition) is 13. The number of thiazole rings is 1. The zero-order valence-corrected chi connectivity index (χ0v) is 24.2. The summed E-state index contributed by atoms with van der Waals surface area (Å²) in [5, 5.41) is 4.07. The number of methoxy groups -OCH3 is 1. The lowest BCUT2D eigenvalue weighted by molar-refractivity contribution is -0.138. The summed E-state index contributed by atoms with van der Waals surface area (Å²) >= 11 is 1.61. The molecule has 1 amide bonds. The summed E-state index contributed by atoms with van der Waals surface area (Å²) in [4.78, 5) is 48.5. The van der Waals surface area contributed by atoms with Crippen LogP contribution in [0.25, 0.3) is 10.3 Å². The zero-order valence-electron chi connectivity index (χ0n) is 23.4.